The van der Waals surface area contributed by atoms with E-state index >= 15 is 0 Å². The Hall–Kier alpha value is -0.930. The van der Waals surface area contributed by atoms with Crippen LogP contribution in [0.5, 0.6) is 0 Å². The van der Waals surface area contributed by atoms with E-state index in [4.69, 9.17) is 0 Å². The number of aromatic nitrogens is 1. The molecule has 0 fully saturated rings. The van der Waals surface area contributed by atoms with Gasteiger partial charge >= 0.3 is 0 Å². The molecule has 1 atom stereocenters. The molecule has 0 saturated heterocycles. The van der Waals surface area contributed by atoms with E-state index in [-0.39, 0.29) is 5.54 Å². The van der Waals surface area contributed by atoms with Crippen LogP contribution in [0.3, 0.4) is 0 Å². The number of likely N-dealkylation sites (N-methyl/N-ethyl adjacent to an activating group) is 2. The van der Waals surface area contributed by atoms with Crippen LogP contribution >= 0.6 is 0 Å². The first kappa shape index (κ1) is 14.1. The number of pyridine rings is 1. The Morgan fingerprint density at radius 1 is 1.35 bits per heavy atom. The fourth-order valence-corrected chi connectivity index (χ4v) is 1.86. The van der Waals surface area contributed by atoms with Crippen LogP contribution in [0.1, 0.15) is 26.5 Å². The smallest absolute Gasteiger partial charge is 0.0419 e. The maximum atomic E-state index is 4.42. The summed E-state index contributed by atoms with van der Waals surface area (Å²) in [7, 11) is 4.26. The molecule has 1 aromatic heterocycles. The SMILES string of the molecule is CCNC(Cc1ccccn1)C(C)(C)N(C)C. The Balaban J connectivity index is 2.80. The van der Waals surface area contributed by atoms with Crippen LogP contribution in [-0.4, -0.2) is 42.1 Å². The van der Waals surface area contributed by atoms with Crippen LogP contribution < -0.4 is 5.32 Å². The summed E-state index contributed by atoms with van der Waals surface area (Å²) < 4.78 is 0. The molecule has 3 heteroatoms. The van der Waals surface area contributed by atoms with Gasteiger partial charge in [0.15, 0.2) is 0 Å². The van der Waals surface area contributed by atoms with Crippen LogP contribution in [0, 0.1) is 0 Å². The van der Waals surface area contributed by atoms with Gasteiger partial charge in [-0.25, -0.2) is 0 Å². The van der Waals surface area contributed by atoms with Crippen LogP contribution in [0.15, 0.2) is 24.4 Å². The summed E-state index contributed by atoms with van der Waals surface area (Å²) in [5.74, 6) is 0. The van der Waals surface area contributed by atoms with Gasteiger partial charge in [0, 0.05) is 29.9 Å². The molecular weight excluding hydrogens is 210 g/mol. The maximum Gasteiger partial charge on any atom is 0.0419 e. The lowest BCUT2D eigenvalue weighted by atomic mass is 9.89. The summed E-state index contributed by atoms with van der Waals surface area (Å²) in [4.78, 5) is 6.68. The number of hydrogen-bond acceptors (Lipinski definition) is 3. The highest BCUT2D eigenvalue weighted by atomic mass is 15.2. The molecule has 0 aliphatic carbocycles. The predicted octanol–water partition coefficient (Wildman–Crippen LogP) is 1.94. The molecule has 0 bridgehead atoms. The predicted molar refractivity (Wildman–Crippen MR) is 73.2 cm³/mol. The van der Waals surface area contributed by atoms with E-state index in [9.17, 15) is 0 Å². The highest BCUT2D eigenvalue weighted by Gasteiger charge is 2.31. The molecule has 0 saturated carbocycles. The highest BCUT2D eigenvalue weighted by molar-refractivity contribution is 5.08. The van der Waals surface area contributed by atoms with E-state index in [1.54, 1.807) is 0 Å². The van der Waals surface area contributed by atoms with Crippen LogP contribution in [0.4, 0.5) is 0 Å². The van der Waals surface area contributed by atoms with Crippen molar-refractivity contribution in [3.8, 4) is 0 Å². The minimum atomic E-state index is 0.105. The molecule has 96 valence electrons. The van der Waals surface area contributed by atoms with E-state index in [1.807, 2.05) is 18.3 Å². The molecule has 1 unspecified atom stereocenters. The van der Waals surface area contributed by atoms with Gasteiger partial charge in [0.05, 0.1) is 0 Å². The average Bonchev–Trinajstić information content (AvgIpc) is 2.29. The van der Waals surface area contributed by atoms with Crippen LogP contribution in [-0.2, 0) is 6.42 Å². The zero-order chi connectivity index (χ0) is 12.9. The maximum absolute atomic E-state index is 4.42. The Bertz CT molecular complexity index is 319. The third-order valence-electron chi connectivity index (χ3n) is 3.60. The van der Waals surface area contributed by atoms with Gasteiger partial charge in [-0.05, 0) is 46.6 Å². The third-order valence-corrected chi connectivity index (χ3v) is 3.60. The topological polar surface area (TPSA) is 28.2 Å². The minimum absolute atomic E-state index is 0.105. The lowest BCUT2D eigenvalue weighted by Crippen LogP contribution is -2.56. The van der Waals surface area contributed by atoms with E-state index in [1.165, 1.54) is 0 Å². The number of rotatable bonds is 6. The van der Waals surface area contributed by atoms with Crippen molar-refractivity contribution in [3.63, 3.8) is 0 Å². The van der Waals surface area contributed by atoms with Crippen molar-refractivity contribution in [1.82, 2.24) is 15.2 Å². The summed E-state index contributed by atoms with van der Waals surface area (Å²) in [6.07, 6.45) is 2.82. The monoisotopic (exact) mass is 235 g/mol. The zero-order valence-corrected chi connectivity index (χ0v) is 11.7. The Morgan fingerprint density at radius 2 is 2.06 bits per heavy atom. The molecule has 1 rings (SSSR count). The lowest BCUT2D eigenvalue weighted by Gasteiger charge is -2.40. The quantitative estimate of drug-likeness (QED) is 0.817. The van der Waals surface area contributed by atoms with Crippen molar-refractivity contribution in [2.75, 3.05) is 20.6 Å². The fourth-order valence-electron chi connectivity index (χ4n) is 1.86. The average molecular weight is 235 g/mol. The van der Waals surface area contributed by atoms with Crippen molar-refractivity contribution in [3.05, 3.63) is 30.1 Å². The first-order chi connectivity index (χ1) is 7.98. The second-order valence-corrected chi connectivity index (χ2v) is 5.18. The van der Waals surface area contributed by atoms with Gasteiger partial charge in [0.1, 0.15) is 0 Å². The van der Waals surface area contributed by atoms with Crippen LogP contribution in [0.2, 0.25) is 0 Å². The molecule has 1 aromatic rings. The molecule has 0 aromatic carbocycles. The largest absolute Gasteiger partial charge is 0.312 e. The van der Waals surface area contributed by atoms with Gasteiger partial charge in [-0.2, -0.15) is 0 Å². The normalized spacial score (nSPS) is 14.0. The minimum Gasteiger partial charge on any atom is -0.312 e. The lowest BCUT2D eigenvalue weighted by molar-refractivity contribution is 0.137. The van der Waals surface area contributed by atoms with Crippen molar-refractivity contribution in [2.24, 2.45) is 0 Å². The molecule has 1 heterocycles. The van der Waals surface area contributed by atoms with Gasteiger partial charge in [-0.3, -0.25) is 4.98 Å². The summed E-state index contributed by atoms with van der Waals surface area (Å²) in [5.41, 5.74) is 1.25. The molecule has 0 spiro atoms. The summed E-state index contributed by atoms with van der Waals surface area (Å²) in [5, 5.41) is 3.57. The van der Waals surface area contributed by atoms with Gasteiger partial charge in [0.2, 0.25) is 0 Å². The summed E-state index contributed by atoms with van der Waals surface area (Å²) in [6, 6.07) is 6.50. The standard InChI is InChI=1S/C14H25N3/c1-6-15-13(14(2,3)17(4)5)11-12-9-7-8-10-16-12/h7-10,13,15H,6,11H2,1-5H3. The molecule has 17 heavy (non-hydrogen) atoms. The third kappa shape index (κ3) is 3.79. The van der Waals surface area contributed by atoms with E-state index in [0.717, 1.165) is 18.7 Å². The van der Waals surface area contributed by atoms with Gasteiger partial charge < -0.3 is 10.2 Å². The van der Waals surface area contributed by atoms with E-state index in [0.29, 0.717) is 6.04 Å². The molecule has 1 N–H and O–H groups in total. The van der Waals surface area contributed by atoms with Gasteiger partial charge in [-0.1, -0.05) is 13.0 Å². The second kappa shape index (κ2) is 6.12. The number of nitrogens with one attached hydrogen (secondary N) is 1. The zero-order valence-electron chi connectivity index (χ0n) is 11.7. The van der Waals surface area contributed by atoms with Crippen molar-refractivity contribution in [2.45, 2.75) is 38.8 Å². The summed E-state index contributed by atoms with van der Waals surface area (Å²) >= 11 is 0. The van der Waals surface area contributed by atoms with Gasteiger partial charge in [-0.15, -0.1) is 0 Å². The van der Waals surface area contributed by atoms with Crippen molar-refractivity contribution in [1.29, 1.82) is 0 Å². The highest BCUT2D eigenvalue weighted by Crippen LogP contribution is 2.18. The second-order valence-electron chi connectivity index (χ2n) is 5.18. The summed E-state index contributed by atoms with van der Waals surface area (Å²) in [6.45, 7) is 7.67. The van der Waals surface area contributed by atoms with Crippen molar-refractivity contribution < 1.29 is 0 Å². The molecule has 0 radical (unpaired) electrons. The van der Waals surface area contributed by atoms with E-state index < -0.39 is 0 Å². The number of nitrogens with zero attached hydrogens (tertiary/aromatic N) is 2. The fraction of sp³-hybridized carbons (Fsp3) is 0.643. The molecule has 3 nitrogen and oxygen atoms in total. The van der Waals surface area contributed by atoms with Crippen molar-refractivity contribution >= 4 is 0 Å². The van der Waals surface area contributed by atoms with Gasteiger partial charge in [0.25, 0.3) is 0 Å². The number of hydrogen-bond donors (Lipinski definition) is 1. The Labute approximate surface area is 105 Å². The Kier molecular flexibility index (Phi) is 5.09. The van der Waals surface area contributed by atoms with E-state index in [2.05, 4.69) is 56.1 Å². The Morgan fingerprint density at radius 3 is 2.53 bits per heavy atom. The molecule has 0 aliphatic heterocycles. The first-order valence-corrected chi connectivity index (χ1v) is 6.29. The molecule has 0 amide bonds. The molecular formula is C14H25N3. The first-order valence-electron chi connectivity index (χ1n) is 6.29. The van der Waals surface area contributed by atoms with Crippen LogP contribution in [0.25, 0.3) is 0 Å². The molecule has 0 aliphatic rings.